The van der Waals surface area contributed by atoms with E-state index in [1.54, 1.807) is 72.5 Å². The number of hydrogen-bond acceptors (Lipinski definition) is 0. The van der Waals surface area contributed by atoms with Gasteiger partial charge in [-0.1, -0.05) is 0 Å². The van der Waals surface area contributed by atoms with E-state index in [9.17, 15) is 0 Å². The van der Waals surface area contributed by atoms with Crippen LogP contribution in [0.25, 0.3) is 16.7 Å². The van der Waals surface area contributed by atoms with Crippen molar-refractivity contribution in [3.05, 3.63) is 69.3 Å². The molecule has 0 N–H and O–H groups in total. The molecule has 0 amide bonds. The van der Waals surface area contributed by atoms with Crippen molar-refractivity contribution in [1.29, 1.82) is 0 Å². The summed E-state index contributed by atoms with van der Waals surface area (Å²) < 4.78 is 1.62. The van der Waals surface area contributed by atoms with Crippen molar-refractivity contribution in [1.82, 2.24) is 0 Å². The minimum atomic E-state index is 0.148. The number of aryl methyl sites for hydroxylation is 1. The molecule has 0 aromatic heterocycles. The molecule has 0 saturated heterocycles. The second kappa shape index (κ2) is 7.99. The van der Waals surface area contributed by atoms with E-state index in [0.717, 1.165) is 25.7 Å². The Bertz CT molecular complexity index is 1110. The predicted octanol–water partition coefficient (Wildman–Crippen LogP) is 7.49. The van der Waals surface area contributed by atoms with Crippen molar-refractivity contribution in [3.8, 4) is 11.1 Å². The van der Waals surface area contributed by atoms with E-state index in [1.807, 2.05) is 0 Å². The fourth-order valence-electron chi connectivity index (χ4n) is 5.56. The third kappa shape index (κ3) is 3.80. The van der Waals surface area contributed by atoms with Gasteiger partial charge in [-0.15, -0.1) is 0 Å². The molecule has 0 spiro atoms. The molecular weight excluding hydrogens is 452 g/mol. The Hall–Kier alpha value is -1.20. The van der Waals surface area contributed by atoms with E-state index in [-0.39, 0.29) is 10.8 Å². The third-order valence-corrected chi connectivity index (χ3v) is 8.43. The monoisotopic (exact) mass is 487 g/mol. The van der Waals surface area contributed by atoms with Crippen molar-refractivity contribution in [2.75, 3.05) is 0 Å². The van der Waals surface area contributed by atoms with Gasteiger partial charge in [-0.2, -0.15) is 0 Å². The average molecular weight is 489 g/mol. The Morgan fingerprint density at radius 2 is 1.58 bits per heavy atom. The van der Waals surface area contributed by atoms with Gasteiger partial charge in [0.05, 0.1) is 0 Å². The average Bonchev–Trinajstić information content (AvgIpc) is 3.33. The van der Waals surface area contributed by atoms with Crippen LogP contribution in [0.1, 0.15) is 101 Å². The van der Waals surface area contributed by atoms with Gasteiger partial charge in [0.1, 0.15) is 0 Å². The first-order valence-corrected chi connectivity index (χ1v) is 13.2. The molecule has 0 saturated carbocycles. The van der Waals surface area contributed by atoms with E-state index < -0.39 is 0 Å². The Balaban J connectivity index is 2.10. The number of allylic oxidation sites excluding steroid dienone is 4. The molecule has 31 heavy (non-hydrogen) atoms. The molecule has 2 aromatic carbocycles. The maximum absolute atomic E-state index is 2.52. The third-order valence-electron chi connectivity index (χ3n) is 7.07. The first kappa shape index (κ1) is 23.0. The van der Waals surface area contributed by atoms with Crippen LogP contribution in [0.15, 0.2) is 30.4 Å². The summed E-state index contributed by atoms with van der Waals surface area (Å²) >= 11 is 1.56. The SMILES string of the molecule is CCc1cc(C(C)(C)C)cc2c1-c1c([c]([Zr])c(C(C)(C)C)c(C3=CC=CC3)c1CC)C2. The topological polar surface area (TPSA) is 0 Å². The minimum absolute atomic E-state index is 0.148. The van der Waals surface area contributed by atoms with Crippen LogP contribution >= 0.6 is 0 Å². The van der Waals surface area contributed by atoms with Crippen molar-refractivity contribution in [3.63, 3.8) is 0 Å². The molecule has 0 heterocycles. The van der Waals surface area contributed by atoms with Crippen LogP contribution in [0.4, 0.5) is 0 Å². The van der Waals surface area contributed by atoms with E-state index >= 15 is 0 Å². The number of rotatable bonds is 3. The molecule has 0 radical (unpaired) electrons. The Morgan fingerprint density at radius 1 is 0.871 bits per heavy atom. The maximum atomic E-state index is 2.52. The van der Waals surface area contributed by atoms with E-state index in [2.05, 4.69) is 85.8 Å². The van der Waals surface area contributed by atoms with Gasteiger partial charge in [-0.05, 0) is 0 Å². The quantitative estimate of drug-likeness (QED) is 0.358. The number of benzene rings is 2. The Morgan fingerprint density at radius 3 is 2.10 bits per heavy atom. The molecule has 0 fully saturated rings. The van der Waals surface area contributed by atoms with Crippen LogP contribution in [0.2, 0.25) is 0 Å². The summed E-state index contributed by atoms with van der Waals surface area (Å²) in [4.78, 5) is 0. The second-order valence-corrected chi connectivity index (χ2v) is 12.6. The normalized spacial score (nSPS) is 15.3. The van der Waals surface area contributed by atoms with Crippen molar-refractivity contribution >= 4 is 8.84 Å². The summed E-state index contributed by atoms with van der Waals surface area (Å²) in [6, 6.07) is 5.03. The summed E-state index contributed by atoms with van der Waals surface area (Å²) in [5, 5.41) is 0. The molecule has 4 rings (SSSR count). The zero-order valence-corrected chi connectivity index (χ0v) is 23.2. The first-order chi connectivity index (χ1) is 14.5. The molecule has 2 aliphatic carbocycles. The molecule has 0 bridgehead atoms. The van der Waals surface area contributed by atoms with Crippen molar-refractivity contribution in [2.24, 2.45) is 0 Å². The van der Waals surface area contributed by atoms with E-state index in [1.165, 1.54) is 11.1 Å². The van der Waals surface area contributed by atoms with Crippen LogP contribution in [0, 0.1) is 0 Å². The standard InChI is InChI=1S/C30H37.Zr/c1-9-19-16-23(29(3,4)5)17-21-15-22-18-25(30(6,7)8)27(20-13-11-12-14-20)24(10-2)28(22)26(19)21;/h11-13,16-17H,9-10,14-15H2,1-8H3;. The van der Waals surface area contributed by atoms with Crippen LogP contribution in [0.5, 0.6) is 0 Å². The molecule has 0 unspecified atom stereocenters. The summed E-state index contributed by atoms with van der Waals surface area (Å²) in [7, 11) is 0. The second-order valence-electron chi connectivity index (χ2n) is 11.3. The number of fused-ring (bicyclic) bond motifs is 3. The molecule has 0 atom stereocenters. The Kier molecular flexibility index (Phi) is 5.92. The van der Waals surface area contributed by atoms with Gasteiger partial charge >= 0.3 is 206 Å². The van der Waals surface area contributed by atoms with Gasteiger partial charge in [0.2, 0.25) is 0 Å². The van der Waals surface area contributed by atoms with Crippen LogP contribution in [-0.4, -0.2) is 0 Å². The number of hydrogen-bond donors (Lipinski definition) is 0. The summed E-state index contributed by atoms with van der Waals surface area (Å²) in [5.41, 5.74) is 16.0. The van der Waals surface area contributed by atoms with Gasteiger partial charge in [-0.25, -0.2) is 0 Å². The van der Waals surface area contributed by atoms with Gasteiger partial charge in [0.25, 0.3) is 0 Å². The molecule has 0 nitrogen and oxygen atoms in total. The fourth-order valence-corrected chi connectivity index (χ4v) is 7.31. The fraction of sp³-hybridized carbons (Fsp3) is 0.467. The van der Waals surface area contributed by atoms with Gasteiger partial charge in [-0.3, -0.25) is 0 Å². The molecular formula is C30H37Zr. The van der Waals surface area contributed by atoms with Crippen LogP contribution < -0.4 is 3.27 Å². The van der Waals surface area contributed by atoms with E-state index in [0.29, 0.717) is 0 Å². The zero-order chi connectivity index (χ0) is 22.7. The molecule has 0 aliphatic heterocycles. The van der Waals surface area contributed by atoms with Crippen LogP contribution in [-0.2, 0) is 54.8 Å². The van der Waals surface area contributed by atoms with Crippen molar-refractivity contribution < 1.29 is 24.7 Å². The molecule has 2 aromatic rings. The zero-order valence-electron chi connectivity index (χ0n) is 20.7. The summed E-state index contributed by atoms with van der Waals surface area (Å²) in [5.74, 6) is 0. The Labute approximate surface area is 205 Å². The molecule has 1 heteroatoms. The van der Waals surface area contributed by atoms with E-state index in [4.69, 9.17) is 0 Å². The van der Waals surface area contributed by atoms with Crippen LogP contribution in [0.3, 0.4) is 0 Å². The predicted molar refractivity (Wildman–Crippen MR) is 132 cm³/mol. The molecule has 2 aliphatic rings. The van der Waals surface area contributed by atoms with Gasteiger partial charge < -0.3 is 0 Å². The summed E-state index contributed by atoms with van der Waals surface area (Å²) in [6.45, 7) is 19.0. The first-order valence-electron chi connectivity index (χ1n) is 12.0. The summed E-state index contributed by atoms with van der Waals surface area (Å²) in [6.07, 6.45) is 11.3. The molecule has 161 valence electrons. The van der Waals surface area contributed by atoms with Gasteiger partial charge in [0, 0.05) is 0 Å². The van der Waals surface area contributed by atoms with Crippen molar-refractivity contribution in [2.45, 2.75) is 91.9 Å². The van der Waals surface area contributed by atoms with Gasteiger partial charge in [0.15, 0.2) is 0 Å².